The first-order valence-corrected chi connectivity index (χ1v) is 12.0. The van der Waals surface area contributed by atoms with E-state index in [2.05, 4.69) is 6.92 Å². The smallest absolute Gasteiger partial charge is 0.306 e. The Morgan fingerprint density at radius 1 is 1.32 bits per heavy atom. The molecule has 4 rings (SSSR count). The molecule has 170 valence electrons. The van der Waals surface area contributed by atoms with Crippen LogP contribution in [-0.2, 0) is 19.1 Å². The molecule has 0 aliphatic heterocycles. The quantitative estimate of drug-likeness (QED) is 0.519. The van der Waals surface area contributed by atoms with Crippen LogP contribution in [0.3, 0.4) is 0 Å². The Kier molecular flexibility index (Phi) is 5.54. The minimum absolute atomic E-state index is 0.00811. The number of allylic oxidation sites excluding steroid dienone is 4. The average Bonchev–Trinajstić information content (AvgIpc) is 2.94. The van der Waals surface area contributed by atoms with E-state index in [0.717, 1.165) is 24.8 Å². The largest absolute Gasteiger partial charge is 0.450 e. The van der Waals surface area contributed by atoms with Crippen LogP contribution in [0.5, 0.6) is 0 Å². The number of aliphatic hydroxyl groups excluding tert-OH is 1. The van der Waals surface area contributed by atoms with Gasteiger partial charge in [-0.3, -0.25) is 14.4 Å². The predicted octanol–water partition coefficient (Wildman–Crippen LogP) is 4.01. The second-order valence-corrected chi connectivity index (χ2v) is 10.7. The van der Waals surface area contributed by atoms with Gasteiger partial charge in [-0.1, -0.05) is 39.3 Å². The zero-order chi connectivity index (χ0) is 22.8. The summed E-state index contributed by atoms with van der Waals surface area (Å²) < 4.78 is 6.01. The number of esters is 1. The molecule has 0 aromatic heterocycles. The SMILES string of the molecule is CCC(=O)O[C@]1(C(=O)CCl)[C@@H](C)C[C@H]2[C@@H]3CCC4=CC(=O)C=C[C@]4(C)[C@H]3[C@@H](O)C[C@@]21C. The Balaban J connectivity index is 1.80. The highest BCUT2D eigenvalue weighted by molar-refractivity contribution is 6.29. The molecule has 4 aliphatic rings. The molecule has 0 spiro atoms. The number of carbonyl (C=O) groups excluding carboxylic acids is 3. The van der Waals surface area contributed by atoms with Crippen molar-refractivity contribution in [2.24, 2.45) is 34.5 Å². The molecule has 0 aromatic carbocycles. The topological polar surface area (TPSA) is 80.7 Å². The first kappa shape index (κ1) is 22.7. The van der Waals surface area contributed by atoms with Gasteiger partial charge in [0.1, 0.15) is 0 Å². The lowest BCUT2D eigenvalue weighted by Gasteiger charge is -2.60. The van der Waals surface area contributed by atoms with Crippen LogP contribution < -0.4 is 0 Å². The van der Waals surface area contributed by atoms with Crippen LogP contribution in [0.2, 0.25) is 0 Å². The Morgan fingerprint density at radius 2 is 2.03 bits per heavy atom. The third kappa shape index (κ3) is 2.95. The molecule has 0 saturated heterocycles. The van der Waals surface area contributed by atoms with Gasteiger partial charge in [0, 0.05) is 29.1 Å². The van der Waals surface area contributed by atoms with E-state index in [9.17, 15) is 19.5 Å². The minimum Gasteiger partial charge on any atom is -0.450 e. The van der Waals surface area contributed by atoms with Crippen LogP contribution in [0, 0.1) is 34.5 Å². The molecule has 3 saturated carbocycles. The lowest BCUT2D eigenvalue weighted by atomic mass is 9.46. The fraction of sp³-hybridized carbons (Fsp3) is 0.720. The third-order valence-electron chi connectivity index (χ3n) is 9.13. The molecule has 4 aliphatic carbocycles. The molecule has 3 fully saturated rings. The Labute approximate surface area is 189 Å². The molecule has 1 N–H and O–H groups in total. The number of ketones is 2. The van der Waals surface area contributed by atoms with Crippen LogP contribution in [0.25, 0.3) is 0 Å². The van der Waals surface area contributed by atoms with E-state index in [0.29, 0.717) is 6.42 Å². The highest BCUT2D eigenvalue weighted by Gasteiger charge is 2.72. The van der Waals surface area contributed by atoms with Gasteiger partial charge in [0.05, 0.1) is 12.0 Å². The molecular formula is C25H33ClO5. The molecule has 5 nitrogen and oxygen atoms in total. The van der Waals surface area contributed by atoms with Crippen LogP contribution in [0.1, 0.15) is 59.8 Å². The van der Waals surface area contributed by atoms with E-state index in [-0.39, 0.29) is 53.0 Å². The van der Waals surface area contributed by atoms with Crippen molar-refractivity contribution >= 4 is 29.1 Å². The van der Waals surface area contributed by atoms with Crippen molar-refractivity contribution in [1.29, 1.82) is 0 Å². The van der Waals surface area contributed by atoms with Gasteiger partial charge in [-0.2, -0.15) is 0 Å². The van der Waals surface area contributed by atoms with Crippen LogP contribution in [0.4, 0.5) is 0 Å². The van der Waals surface area contributed by atoms with Crippen molar-refractivity contribution in [2.45, 2.75) is 71.5 Å². The molecule has 0 unspecified atom stereocenters. The summed E-state index contributed by atoms with van der Waals surface area (Å²) in [7, 11) is 0. The van der Waals surface area contributed by atoms with E-state index in [1.54, 1.807) is 19.1 Å². The fourth-order valence-electron chi connectivity index (χ4n) is 7.86. The zero-order valence-corrected chi connectivity index (χ0v) is 19.6. The Bertz CT molecular complexity index is 877. The first-order valence-electron chi connectivity index (χ1n) is 11.5. The van der Waals surface area contributed by atoms with Gasteiger partial charge in [0.15, 0.2) is 17.2 Å². The molecule has 0 radical (unpaired) electrons. The third-order valence-corrected chi connectivity index (χ3v) is 9.38. The highest BCUT2D eigenvalue weighted by Crippen LogP contribution is 2.69. The number of hydrogen-bond donors (Lipinski definition) is 1. The van der Waals surface area contributed by atoms with E-state index >= 15 is 0 Å². The molecule has 31 heavy (non-hydrogen) atoms. The van der Waals surface area contributed by atoms with Crippen molar-refractivity contribution in [3.05, 3.63) is 23.8 Å². The van der Waals surface area contributed by atoms with Crippen molar-refractivity contribution in [1.82, 2.24) is 0 Å². The second kappa shape index (κ2) is 7.55. The summed E-state index contributed by atoms with van der Waals surface area (Å²) in [5.74, 6) is -0.798. The number of halogens is 1. The minimum atomic E-state index is -1.31. The maximum absolute atomic E-state index is 13.3. The molecule has 0 bridgehead atoms. The van der Waals surface area contributed by atoms with Crippen LogP contribution >= 0.6 is 11.6 Å². The number of Topliss-reactive ketones (excluding diaryl/α,β-unsaturated/α-hetero) is 1. The van der Waals surface area contributed by atoms with Gasteiger partial charge in [0.2, 0.25) is 0 Å². The number of rotatable bonds is 4. The molecule has 0 heterocycles. The van der Waals surface area contributed by atoms with Crippen molar-refractivity contribution in [3.63, 3.8) is 0 Å². The number of aliphatic hydroxyl groups is 1. The van der Waals surface area contributed by atoms with Crippen molar-refractivity contribution in [3.8, 4) is 0 Å². The van der Waals surface area contributed by atoms with E-state index < -0.39 is 23.1 Å². The standard InChI is InChI=1S/C25H33ClO5/c1-5-21(30)31-25(20(29)13-26)14(2)10-18-17-7-6-15-11-16(27)8-9-23(15,3)22(17)19(28)12-24(18,25)4/h8-9,11,14,17-19,22,28H,5-7,10,12-13H2,1-4H3/t14-,17-,18-,19-,22+,23-,24-,25-/m0/s1. The molecule has 0 aromatic rings. The van der Waals surface area contributed by atoms with Gasteiger partial charge < -0.3 is 9.84 Å². The summed E-state index contributed by atoms with van der Waals surface area (Å²) in [5, 5.41) is 11.5. The lowest BCUT2D eigenvalue weighted by Crippen LogP contribution is -2.64. The summed E-state index contributed by atoms with van der Waals surface area (Å²) in [4.78, 5) is 37.7. The average molecular weight is 449 g/mol. The fourth-order valence-corrected chi connectivity index (χ4v) is 8.06. The summed E-state index contributed by atoms with van der Waals surface area (Å²) in [6.07, 6.45) is 7.61. The predicted molar refractivity (Wildman–Crippen MR) is 117 cm³/mol. The first-order chi connectivity index (χ1) is 14.5. The van der Waals surface area contributed by atoms with Crippen molar-refractivity contribution < 1.29 is 24.2 Å². The summed E-state index contributed by atoms with van der Waals surface area (Å²) in [6, 6.07) is 0. The van der Waals surface area contributed by atoms with E-state index in [1.165, 1.54) is 0 Å². The number of hydrogen-bond acceptors (Lipinski definition) is 5. The molecule has 6 heteroatoms. The van der Waals surface area contributed by atoms with Gasteiger partial charge in [-0.25, -0.2) is 0 Å². The zero-order valence-electron chi connectivity index (χ0n) is 18.8. The maximum Gasteiger partial charge on any atom is 0.306 e. The summed E-state index contributed by atoms with van der Waals surface area (Å²) in [6.45, 7) is 7.84. The Morgan fingerprint density at radius 3 is 2.68 bits per heavy atom. The summed E-state index contributed by atoms with van der Waals surface area (Å²) in [5.41, 5.74) is -1.28. The van der Waals surface area contributed by atoms with Gasteiger partial charge in [-0.05, 0) is 49.7 Å². The summed E-state index contributed by atoms with van der Waals surface area (Å²) >= 11 is 6.06. The molecule has 0 amide bonds. The van der Waals surface area contributed by atoms with Crippen LogP contribution in [-0.4, -0.2) is 40.2 Å². The lowest BCUT2D eigenvalue weighted by molar-refractivity contribution is -0.202. The maximum atomic E-state index is 13.3. The van der Waals surface area contributed by atoms with Gasteiger partial charge in [-0.15, -0.1) is 11.6 Å². The van der Waals surface area contributed by atoms with E-state index in [4.69, 9.17) is 16.3 Å². The number of ether oxygens (including phenoxy) is 1. The van der Waals surface area contributed by atoms with Crippen LogP contribution in [0.15, 0.2) is 23.8 Å². The monoisotopic (exact) mass is 448 g/mol. The molecular weight excluding hydrogens is 416 g/mol. The van der Waals surface area contributed by atoms with Gasteiger partial charge in [0.25, 0.3) is 0 Å². The highest BCUT2D eigenvalue weighted by atomic mass is 35.5. The second-order valence-electron chi connectivity index (χ2n) is 10.5. The molecule has 8 atom stereocenters. The normalized spacial score (nSPS) is 45.9. The van der Waals surface area contributed by atoms with Gasteiger partial charge >= 0.3 is 5.97 Å². The number of fused-ring (bicyclic) bond motifs is 5. The Hall–Kier alpha value is -1.46. The van der Waals surface area contributed by atoms with E-state index in [1.807, 2.05) is 19.9 Å². The number of carbonyl (C=O) groups is 3. The number of alkyl halides is 1. The van der Waals surface area contributed by atoms with Crippen molar-refractivity contribution in [2.75, 3.05) is 5.88 Å².